The number of benzene rings is 2. The van der Waals surface area contributed by atoms with Gasteiger partial charge in [-0.1, -0.05) is 16.7 Å². The van der Waals surface area contributed by atoms with Crippen LogP contribution in [0.2, 0.25) is 0 Å². The summed E-state index contributed by atoms with van der Waals surface area (Å²) in [5.74, 6) is -1.55. The van der Waals surface area contributed by atoms with Crippen LogP contribution in [0.15, 0.2) is 36.4 Å². The Morgan fingerprint density at radius 2 is 1.80 bits per heavy atom. The average Bonchev–Trinajstić information content (AvgIpc) is 2.53. The van der Waals surface area contributed by atoms with E-state index < -0.39 is 32.9 Å². The molecule has 3 N–H and O–H groups in total. The van der Waals surface area contributed by atoms with Crippen molar-refractivity contribution >= 4 is 27.1 Å². The maximum Gasteiger partial charge on any atom is 0.524 e. The summed E-state index contributed by atoms with van der Waals surface area (Å²) in [5, 5.41) is 8.51. The molecule has 9 nitrogen and oxygen atoms in total. The second-order valence-electron chi connectivity index (χ2n) is 4.74. The standard InChI is InChI=1S/C14H12O9P2/c1-22-10-4-2-8(3-5-10)11-6-9(14(15)16)7-12(24(17)18)13(11)23-25(19,20)21/h2-7H,1H3,(H,15,16)(H2,19,20,21). The Labute approximate surface area is 142 Å². The summed E-state index contributed by atoms with van der Waals surface area (Å²) in [6.07, 6.45) is 0. The van der Waals surface area contributed by atoms with Gasteiger partial charge in [0.05, 0.1) is 12.7 Å². The third kappa shape index (κ3) is 4.63. The van der Waals surface area contributed by atoms with E-state index in [4.69, 9.17) is 19.6 Å². The normalized spacial score (nSPS) is 11.8. The summed E-state index contributed by atoms with van der Waals surface area (Å²) in [6.45, 7) is 0. The lowest BCUT2D eigenvalue weighted by atomic mass is 10.0. The number of carbonyl (C=O) groups is 1. The molecule has 0 fully saturated rings. The van der Waals surface area contributed by atoms with Crippen LogP contribution in [0.25, 0.3) is 11.1 Å². The molecule has 0 radical (unpaired) electrons. The minimum atomic E-state index is -5.10. The number of hydrogen-bond donors (Lipinski definition) is 3. The molecule has 0 amide bonds. The number of phosphoric ester groups is 1. The summed E-state index contributed by atoms with van der Waals surface area (Å²) in [4.78, 5) is 40.8. The first-order valence-electron chi connectivity index (χ1n) is 6.57. The van der Waals surface area contributed by atoms with Gasteiger partial charge in [-0.15, -0.1) is 0 Å². The van der Waals surface area contributed by atoms with Gasteiger partial charge >= 0.3 is 21.8 Å². The summed E-state index contributed by atoms with van der Waals surface area (Å²) >= 11 is 0. The molecular weight excluding hydrogens is 374 g/mol. The van der Waals surface area contributed by atoms with Crippen LogP contribution in [0.4, 0.5) is 0 Å². The summed E-state index contributed by atoms with van der Waals surface area (Å²) in [5.41, 5.74) is -0.191. The first-order valence-corrected chi connectivity index (χ1v) is 9.28. The fraction of sp³-hybridized carbons (Fsp3) is 0.0714. The maximum absolute atomic E-state index is 11.5. The van der Waals surface area contributed by atoms with Gasteiger partial charge in [0.1, 0.15) is 5.75 Å². The smallest absolute Gasteiger partial charge is 0.524 e. The van der Waals surface area contributed by atoms with Crippen molar-refractivity contribution < 1.29 is 43.0 Å². The molecule has 11 heteroatoms. The van der Waals surface area contributed by atoms with E-state index in [2.05, 4.69) is 4.52 Å². The zero-order valence-corrected chi connectivity index (χ0v) is 14.4. The van der Waals surface area contributed by atoms with Crippen molar-refractivity contribution in [3.05, 3.63) is 42.0 Å². The number of methoxy groups -OCH3 is 1. The van der Waals surface area contributed by atoms with E-state index >= 15 is 0 Å². The highest BCUT2D eigenvalue weighted by molar-refractivity contribution is 7.48. The van der Waals surface area contributed by atoms with Crippen LogP contribution in [0, 0.1) is 0 Å². The van der Waals surface area contributed by atoms with E-state index in [0.29, 0.717) is 5.75 Å². The predicted molar refractivity (Wildman–Crippen MR) is 85.3 cm³/mol. The summed E-state index contributed by atoms with van der Waals surface area (Å²) in [7, 11) is -7.04. The van der Waals surface area contributed by atoms with Crippen LogP contribution in [0.1, 0.15) is 10.4 Å². The largest absolute Gasteiger partial charge is 0.591 e. The van der Waals surface area contributed by atoms with Gasteiger partial charge in [0.15, 0.2) is 5.75 Å². The van der Waals surface area contributed by atoms with Gasteiger partial charge in [-0.3, -0.25) is 9.79 Å². The lowest BCUT2D eigenvalue weighted by Crippen LogP contribution is -2.13. The average molecular weight is 386 g/mol. The molecule has 1 unspecified atom stereocenters. The highest BCUT2D eigenvalue weighted by Crippen LogP contribution is 2.43. The number of hydrogen-bond acceptors (Lipinski definition) is 6. The number of carboxylic acid groups (broad SMARTS) is 1. The lowest BCUT2D eigenvalue weighted by molar-refractivity contribution is -0.160. The quantitative estimate of drug-likeness (QED) is 0.623. The molecule has 0 spiro atoms. The zero-order chi connectivity index (χ0) is 18.8. The van der Waals surface area contributed by atoms with E-state index in [1.807, 2.05) is 0 Å². The van der Waals surface area contributed by atoms with Crippen molar-refractivity contribution in [2.75, 3.05) is 7.11 Å². The molecule has 2 aromatic carbocycles. The van der Waals surface area contributed by atoms with Crippen LogP contribution >= 0.6 is 15.9 Å². The van der Waals surface area contributed by atoms with E-state index in [1.54, 1.807) is 0 Å². The highest BCUT2D eigenvalue weighted by Gasteiger charge is 2.29. The van der Waals surface area contributed by atoms with Gasteiger partial charge in [-0.25, -0.2) is 9.36 Å². The van der Waals surface area contributed by atoms with E-state index in [1.165, 1.54) is 31.4 Å². The molecule has 0 bridgehead atoms. The number of carboxylic acids is 1. The molecule has 0 saturated carbocycles. The minimum absolute atomic E-state index is 0.0971. The molecule has 0 aliphatic heterocycles. The maximum atomic E-state index is 11.5. The first kappa shape index (κ1) is 19.1. The molecule has 0 aliphatic rings. The molecule has 0 saturated heterocycles. The second kappa shape index (κ2) is 7.31. The Hall–Kier alpha value is -2.28. The highest BCUT2D eigenvalue weighted by atomic mass is 31.2. The molecule has 0 heterocycles. The van der Waals surface area contributed by atoms with Gasteiger partial charge < -0.3 is 19.3 Å². The summed E-state index contributed by atoms with van der Waals surface area (Å²) < 4.78 is 32.2. The van der Waals surface area contributed by atoms with Crippen molar-refractivity contribution in [3.8, 4) is 22.6 Å². The lowest BCUT2D eigenvalue weighted by Gasteiger charge is -2.14. The third-order valence-electron chi connectivity index (χ3n) is 3.12. The van der Waals surface area contributed by atoms with Gasteiger partial charge in [0.2, 0.25) is 5.30 Å². The topological polar surface area (TPSA) is 153 Å². The number of aromatic carboxylic acids is 1. The van der Waals surface area contributed by atoms with Crippen molar-refractivity contribution in [2.45, 2.75) is 0 Å². The van der Waals surface area contributed by atoms with Gasteiger partial charge in [-0.2, -0.15) is 0 Å². The molecule has 132 valence electrons. The van der Waals surface area contributed by atoms with Crippen molar-refractivity contribution in [1.82, 2.24) is 0 Å². The molecule has 1 atom stereocenters. The first-order chi connectivity index (χ1) is 11.6. The van der Waals surface area contributed by atoms with Gasteiger partial charge in [0.25, 0.3) is 0 Å². The SMILES string of the molecule is COc1ccc(-c2cc(C(=O)O)cc([P+](=O)[O-])c2OP(=O)(O)O)cc1. The number of rotatable bonds is 6. The van der Waals surface area contributed by atoms with Crippen LogP contribution < -0.4 is 19.5 Å². The fourth-order valence-electron chi connectivity index (χ4n) is 2.07. The minimum Gasteiger partial charge on any atom is -0.591 e. The van der Waals surface area contributed by atoms with Crippen molar-refractivity contribution in [3.63, 3.8) is 0 Å². The van der Waals surface area contributed by atoms with Crippen molar-refractivity contribution in [1.29, 1.82) is 0 Å². The zero-order valence-electron chi connectivity index (χ0n) is 12.6. The van der Waals surface area contributed by atoms with E-state index in [0.717, 1.165) is 12.1 Å². The summed E-state index contributed by atoms with van der Waals surface area (Å²) in [6, 6.07) is 7.80. The monoisotopic (exact) mass is 386 g/mol. The second-order valence-corrected chi connectivity index (χ2v) is 6.90. The Morgan fingerprint density at radius 3 is 2.24 bits per heavy atom. The van der Waals surface area contributed by atoms with E-state index in [9.17, 15) is 18.8 Å². The Morgan fingerprint density at radius 1 is 1.20 bits per heavy atom. The molecule has 0 aromatic heterocycles. The fourth-order valence-corrected chi connectivity index (χ4v) is 3.16. The van der Waals surface area contributed by atoms with Crippen LogP contribution in [0.3, 0.4) is 0 Å². The molecule has 0 aliphatic carbocycles. The number of ether oxygens (including phenoxy) is 1. The van der Waals surface area contributed by atoms with E-state index in [-0.39, 0.29) is 16.7 Å². The Balaban J connectivity index is 2.78. The molecule has 25 heavy (non-hydrogen) atoms. The third-order valence-corrected chi connectivity index (χ3v) is 4.27. The van der Waals surface area contributed by atoms with Crippen molar-refractivity contribution in [2.24, 2.45) is 0 Å². The van der Waals surface area contributed by atoms with Crippen LogP contribution in [-0.2, 0) is 9.13 Å². The van der Waals surface area contributed by atoms with Crippen LogP contribution in [0.5, 0.6) is 11.5 Å². The Bertz CT molecular complexity index is 871. The Kier molecular flexibility index (Phi) is 5.57. The van der Waals surface area contributed by atoms with Gasteiger partial charge in [-0.05, 0) is 23.8 Å². The van der Waals surface area contributed by atoms with Crippen LogP contribution in [-0.4, -0.2) is 28.0 Å². The number of phosphoric acid groups is 1. The predicted octanol–water partition coefficient (Wildman–Crippen LogP) is 1.26. The molecule has 2 rings (SSSR count). The van der Waals surface area contributed by atoms with Gasteiger partial charge in [0, 0.05) is 11.6 Å². The molecular formula is C14H12O9P2. The molecule has 2 aromatic rings.